The minimum Gasteiger partial charge on any atom is -0.348 e. The van der Waals surface area contributed by atoms with Gasteiger partial charge in [0.25, 0.3) is 5.91 Å². The number of carbonyl (C=O) groups excluding carboxylic acids is 1. The van der Waals surface area contributed by atoms with Crippen molar-refractivity contribution in [3.05, 3.63) is 34.9 Å². The van der Waals surface area contributed by atoms with E-state index >= 15 is 0 Å². The molecule has 1 aliphatic rings. The SMILES string of the molecule is CC(C)c1cnc(C(=O)NC2CC(C#N)C2)c2cnc(Cl)cc12. The van der Waals surface area contributed by atoms with Crippen LogP contribution in [0.2, 0.25) is 5.15 Å². The lowest BCUT2D eigenvalue weighted by Gasteiger charge is -2.31. The van der Waals surface area contributed by atoms with E-state index in [1.807, 2.05) is 0 Å². The molecule has 3 rings (SSSR count). The second kappa shape index (κ2) is 6.13. The summed E-state index contributed by atoms with van der Waals surface area (Å²) in [4.78, 5) is 20.9. The molecule has 0 bridgehead atoms. The monoisotopic (exact) mass is 328 g/mol. The first-order chi connectivity index (χ1) is 11.0. The first kappa shape index (κ1) is 15.7. The van der Waals surface area contributed by atoms with Gasteiger partial charge >= 0.3 is 0 Å². The van der Waals surface area contributed by atoms with Gasteiger partial charge in [0, 0.05) is 23.8 Å². The standard InChI is InChI=1S/C17H17ClN4O/c1-9(2)13-7-21-16(14-8-20-15(18)5-12(13)14)17(23)22-11-3-10(4-11)6-19/h5,7-11H,3-4H2,1-2H3,(H,22,23). The van der Waals surface area contributed by atoms with Crippen molar-refractivity contribution in [2.24, 2.45) is 5.92 Å². The molecule has 1 amide bonds. The summed E-state index contributed by atoms with van der Waals surface area (Å²) in [7, 11) is 0. The summed E-state index contributed by atoms with van der Waals surface area (Å²) in [5, 5.41) is 13.8. The third kappa shape index (κ3) is 2.99. The highest BCUT2D eigenvalue weighted by Crippen LogP contribution is 2.29. The number of aromatic nitrogens is 2. The Morgan fingerprint density at radius 3 is 2.74 bits per heavy atom. The van der Waals surface area contributed by atoms with Crippen LogP contribution in [-0.2, 0) is 0 Å². The van der Waals surface area contributed by atoms with Crippen LogP contribution in [-0.4, -0.2) is 21.9 Å². The van der Waals surface area contributed by atoms with Crippen LogP contribution in [0.5, 0.6) is 0 Å². The molecule has 2 heterocycles. The summed E-state index contributed by atoms with van der Waals surface area (Å²) in [5.41, 5.74) is 1.39. The molecule has 2 aromatic rings. The van der Waals surface area contributed by atoms with E-state index in [0.717, 1.165) is 10.9 Å². The molecule has 6 heteroatoms. The number of nitrogens with zero attached hydrogens (tertiary/aromatic N) is 3. The molecule has 0 saturated heterocycles. The highest BCUT2D eigenvalue weighted by Gasteiger charge is 2.31. The number of pyridine rings is 2. The van der Waals surface area contributed by atoms with E-state index in [1.165, 1.54) is 0 Å². The first-order valence-corrected chi connectivity index (χ1v) is 8.02. The summed E-state index contributed by atoms with van der Waals surface area (Å²) < 4.78 is 0. The number of carbonyl (C=O) groups is 1. The van der Waals surface area contributed by atoms with Gasteiger partial charge in [-0.2, -0.15) is 5.26 Å². The van der Waals surface area contributed by atoms with Crippen molar-refractivity contribution < 1.29 is 4.79 Å². The van der Waals surface area contributed by atoms with Crippen molar-refractivity contribution in [2.75, 3.05) is 0 Å². The zero-order valence-corrected chi connectivity index (χ0v) is 13.8. The van der Waals surface area contributed by atoms with Crippen molar-refractivity contribution in [1.82, 2.24) is 15.3 Å². The lowest BCUT2D eigenvalue weighted by molar-refractivity contribution is 0.0901. The second-order valence-corrected chi connectivity index (χ2v) is 6.62. The molecular weight excluding hydrogens is 312 g/mol. The lowest BCUT2D eigenvalue weighted by atomic mass is 9.81. The Morgan fingerprint density at radius 1 is 1.35 bits per heavy atom. The Labute approximate surface area is 139 Å². The van der Waals surface area contributed by atoms with Crippen LogP contribution in [0.1, 0.15) is 48.7 Å². The molecule has 0 aromatic carbocycles. The third-order valence-corrected chi connectivity index (χ3v) is 4.47. The molecule has 2 aromatic heterocycles. The Morgan fingerprint density at radius 2 is 2.09 bits per heavy atom. The van der Waals surface area contributed by atoms with Crippen molar-refractivity contribution in [1.29, 1.82) is 5.26 Å². The molecule has 0 spiro atoms. The number of amides is 1. The van der Waals surface area contributed by atoms with Crippen LogP contribution < -0.4 is 5.32 Å². The van der Waals surface area contributed by atoms with E-state index < -0.39 is 0 Å². The van der Waals surface area contributed by atoms with E-state index in [0.29, 0.717) is 29.1 Å². The summed E-state index contributed by atoms with van der Waals surface area (Å²) in [6.45, 7) is 4.14. The predicted octanol–water partition coefficient (Wildman–Crippen LogP) is 3.44. The van der Waals surface area contributed by atoms with Gasteiger partial charge in [0.15, 0.2) is 0 Å². The molecule has 0 aliphatic heterocycles. The van der Waals surface area contributed by atoms with Gasteiger partial charge in [-0.05, 0) is 35.8 Å². The zero-order chi connectivity index (χ0) is 16.6. The largest absolute Gasteiger partial charge is 0.348 e. The van der Waals surface area contributed by atoms with Crippen molar-refractivity contribution in [2.45, 2.75) is 38.6 Å². The molecule has 0 unspecified atom stereocenters. The lowest BCUT2D eigenvalue weighted by Crippen LogP contribution is -2.44. The Balaban J connectivity index is 1.94. The van der Waals surface area contributed by atoms with Crippen LogP contribution in [0.15, 0.2) is 18.5 Å². The molecular formula is C17H17ClN4O. The topological polar surface area (TPSA) is 78.7 Å². The molecule has 118 valence electrons. The van der Waals surface area contributed by atoms with Crippen molar-refractivity contribution in [3.8, 4) is 6.07 Å². The van der Waals surface area contributed by atoms with E-state index in [-0.39, 0.29) is 23.8 Å². The van der Waals surface area contributed by atoms with Crippen molar-refractivity contribution >= 4 is 28.3 Å². The molecule has 1 saturated carbocycles. The summed E-state index contributed by atoms with van der Waals surface area (Å²) >= 11 is 6.01. The van der Waals surface area contributed by atoms with Gasteiger partial charge in [0.2, 0.25) is 0 Å². The molecule has 23 heavy (non-hydrogen) atoms. The fourth-order valence-electron chi connectivity index (χ4n) is 2.87. The maximum Gasteiger partial charge on any atom is 0.270 e. The summed E-state index contributed by atoms with van der Waals surface area (Å²) in [5.74, 6) is 0.0909. The number of rotatable bonds is 3. The average Bonchev–Trinajstić information content (AvgIpc) is 2.48. The smallest absolute Gasteiger partial charge is 0.270 e. The fourth-order valence-corrected chi connectivity index (χ4v) is 3.02. The number of fused-ring (bicyclic) bond motifs is 1. The van der Waals surface area contributed by atoms with Gasteiger partial charge < -0.3 is 5.32 Å². The summed E-state index contributed by atoms with van der Waals surface area (Å²) in [6.07, 6.45) is 4.74. The molecule has 5 nitrogen and oxygen atoms in total. The number of hydrogen-bond acceptors (Lipinski definition) is 4. The van der Waals surface area contributed by atoms with E-state index in [2.05, 4.69) is 35.2 Å². The van der Waals surface area contributed by atoms with E-state index in [9.17, 15) is 4.79 Å². The van der Waals surface area contributed by atoms with Gasteiger partial charge in [-0.1, -0.05) is 25.4 Å². The zero-order valence-electron chi connectivity index (χ0n) is 13.0. The fraction of sp³-hybridized carbons (Fsp3) is 0.412. The summed E-state index contributed by atoms with van der Waals surface area (Å²) in [6, 6.07) is 4.04. The molecule has 1 aliphatic carbocycles. The molecule has 0 atom stereocenters. The van der Waals surface area contributed by atoms with Crippen molar-refractivity contribution in [3.63, 3.8) is 0 Å². The maximum absolute atomic E-state index is 12.5. The third-order valence-electron chi connectivity index (χ3n) is 4.26. The predicted molar refractivity (Wildman–Crippen MR) is 88.2 cm³/mol. The van der Waals surface area contributed by atoms with Crippen LogP contribution in [0.3, 0.4) is 0 Å². The average molecular weight is 329 g/mol. The van der Waals surface area contributed by atoms with Crippen LogP contribution in [0.4, 0.5) is 0 Å². The van der Waals surface area contributed by atoms with Gasteiger partial charge in [0.1, 0.15) is 10.8 Å². The van der Waals surface area contributed by atoms with Gasteiger partial charge in [0.05, 0.1) is 12.0 Å². The van der Waals surface area contributed by atoms with Crippen LogP contribution in [0, 0.1) is 17.2 Å². The maximum atomic E-state index is 12.5. The minimum absolute atomic E-state index is 0.0498. The van der Waals surface area contributed by atoms with E-state index in [1.54, 1.807) is 18.5 Å². The minimum atomic E-state index is -0.226. The molecule has 1 fully saturated rings. The van der Waals surface area contributed by atoms with Crippen LogP contribution >= 0.6 is 11.6 Å². The Bertz CT molecular complexity index is 806. The number of hydrogen-bond donors (Lipinski definition) is 1. The Hall–Kier alpha value is -2.19. The van der Waals surface area contributed by atoms with E-state index in [4.69, 9.17) is 16.9 Å². The molecule has 0 radical (unpaired) electrons. The number of nitriles is 1. The number of halogens is 1. The second-order valence-electron chi connectivity index (χ2n) is 6.24. The number of nitrogens with one attached hydrogen (secondary N) is 1. The van der Waals surface area contributed by atoms with Crippen LogP contribution in [0.25, 0.3) is 10.8 Å². The first-order valence-electron chi connectivity index (χ1n) is 7.64. The molecule has 1 N–H and O–H groups in total. The van der Waals surface area contributed by atoms with Gasteiger partial charge in [-0.15, -0.1) is 0 Å². The quantitative estimate of drug-likeness (QED) is 0.875. The Kier molecular flexibility index (Phi) is 4.18. The highest BCUT2D eigenvalue weighted by molar-refractivity contribution is 6.30. The highest BCUT2D eigenvalue weighted by atomic mass is 35.5. The normalized spacial score (nSPS) is 20.1. The van der Waals surface area contributed by atoms with Gasteiger partial charge in [-0.3, -0.25) is 9.78 Å². The van der Waals surface area contributed by atoms with Gasteiger partial charge in [-0.25, -0.2) is 4.98 Å².